The van der Waals surface area contributed by atoms with Gasteiger partial charge in [-0.3, -0.25) is 0 Å². The summed E-state index contributed by atoms with van der Waals surface area (Å²) in [6.45, 7) is 5.91. The molecule has 2 N–H and O–H groups in total. The van der Waals surface area contributed by atoms with Crippen LogP contribution in [-0.4, -0.2) is 9.55 Å². The summed E-state index contributed by atoms with van der Waals surface area (Å²) in [5, 5.41) is 0. The fourth-order valence-electron chi connectivity index (χ4n) is 0.586. The van der Waals surface area contributed by atoms with Crippen molar-refractivity contribution in [2.75, 3.05) is 5.73 Å². The first kappa shape index (κ1) is 9.01. The molecule has 1 aromatic rings. The number of nitrogen functional groups attached to an aromatic ring is 1. The van der Waals surface area contributed by atoms with E-state index in [4.69, 9.17) is 5.73 Å². The van der Waals surface area contributed by atoms with Crippen molar-refractivity contribution < 1.29 is 0 Å². The van der Waals surface area contributed by atoms with E-state index in [2.05, 4.69) is 4.98 Å². The number of hydrogen-bond donors (Lipinski definition) is 1. The molecular weight excluding hydrogens is 126 g/mol. The van der Waals surface area contributed by atoms with Gasteiger partial charge in [0, 0.05) is 13.2 Å². The molecule has 0 aliphatic heterocycles. The molecular formula is C7H15N3. The fourth-order valence-corrected chi connectivity index (χ4v) is 0.586. The Bertz CT molecular complexity index is 171. The van der Waals surface area contributed by atoms with Gasteiger partial charge in [0.1, 0.15) is 11.6 Å². The SMILES string of the molecule is CC.Cc1nc(N)cn1C. The molecule has 0 bridgehead atoms. The monoisotopic (exact) mass is 141 g/mol. The molecule has 1 aromatic heterocycles. The second-order valence-electron chi connectivity index (χ2n) is 1.82. The van der Waals surface area contributed by atoms with E-state index in [1.807, 2.05) is 32.4 Å². The van der Waals surface area contributed by atoms with Gasteiger partial charge in [0.15, 0.2) is 0 Å². The largest absolute Gasteiger partial charge is 0.382 e. The number of anilines is 1. The smallest absolute Gasteiger partial charge is 0.141 e. The Morgan fingerprint density at radius 3 is 2.10 bits per heavy atom. The molecule has 0 atom stereocenters. The first-order valence-electron chi connectivity index (χ1n) is 3.45. The second kappa shape index (κ2) is 3.93. The Hall–Kier alpha value is -0.990. The summed E-state index contributed by atoms with van der Waals surface area (Å²) in [7, 11) is 1.92. The van der Waals surface area contributed by atoms with Crippen molar-refractivity contribution in [3.63, 3.8) is 0 Å². The third kappa shape index (κ3) is 2.09. The van der Waals surface area contributed by atoms with Gasteiger partial charge in [-0.25, -0.2) is 4.98 Å². The predicted molar refractivity (Wildman–Crippen MR) is 43.7 cm³/mol. The van der Waals surface area contributed by atoms with Crippen molar-refractivity contribution in [2.24, 2.45) is 7.05 Å². The topological polar surface area (TPSA) is 43.8 Å². The van der Waals surface area contributed by atoms with Gasteiger partial charge >= 0.3 is 0 Å². The Kier molecular flexibility index (Phi) is 3.54. The van der Waals surface area contributed by atoms with Crippen LogP contribution in [0.5, 0.6) is 0 Å². The van der Waals surface area contributed by atoms with Crippen LogP contribution in [0.25, 0.3) is 0 Å². The van der Waals surface area contributed by atoms with Gasteiger partial charge in [0.2, 0.25) is 0 Å². The van der Waals surface area contributed by atoms with Crippen molar-refractivity contribution in [1.29, 1.82) is 0 Å². The van der Waals surface area contributed by atoms with Crippen molar-refractivity contribution in [3.8, 4) is 0 Å². The van der Waals surface area contributed by atoms with Crippen LogP contribution < -0.4 is 5.73 Å². The van der Waals surface area contributed by atoms with Crippen LogP contribution in [0, 0.1) is 6.92 Å². The molecule has 0 aliphatic rings. The zero-order chi connectivity index (χ0) is 8.15. The van der Waals surface area contributed by atoms with Gasteiger partial charge in [0.25, 0.3) is 0 Å². The zero-order valence-electron chi connectivity index (χ0n) is 7.05. The van der Waals surface area contributed by atoms with Crippen molar-refractivity contribution in [3.05, 3.63) is 12.0 Å². The van der Waals surface area contributed by atoms with E-state index in [9.17, 15) is 0 Å². The van der Waals surface area contributed by atoms with Crippen LogP contribution in [0.1, 0.15) is 19.7 Å². The lowest BCUT2D eigenvalue weighted by atomic mass is 10.7. The highest BCUT2D eigenvalue weighted by atomic mass is 15.1. The van der Waals surface area contributed by atoms with E-state index in [1.54, 1.807) is 6.20 Å². The number of nitrogens with two attached hydrogens (primary N) is 1. The summed E-state index contributed by atoms with van der Waals surface area (Å²) in [6, 6.07) is 0. The molecule has 0 aromatic carbocycles. The third-order valence-corrected chi connectivity index (χ3v) is 1.13. The average Bonchev–Trinajstić information content (AvgIpc) is 2.16. The molecule has 1 rings (SSSR count). The normalized spacial score (nSPS) is 8.40. The zero-order valence-corrected chi connectivity index (χ0v) is 7.05. The number of hydrogen-bond acceptors (Lipinski definition) is 2. The molecule has 0 saturated heterocycles. The summed E-state index contributed by atoms with van der Waals surface area (Å²) in [4.78, 5) is 3.95. The second-order valence-corrected chi connectivity index (χ2v) is 1.82. The summed E-state index contributed by atoms with van der Waals surface area (Å²) < 4.78 is 1.88. The van der Waals surface area contributed by atoms with Crippen molar-refractivity contribution in [2.45, 2.75) is 20.8 Å². The Labute approximate surface area is 61.9 Å². The van der Waals surface area contributed by atoms with E-state index in [0.717, 1.165) is 5.82 Å². The summed E-state index contributed by atoms with van der Waals surface area (Å²) in [5.41, 5.74) is 5.35. The number of nitrogens with zero attached hydrogens (tertiary/aromatic N) is 2. The molecule has 0 amide bonds. The number of rotatable bonds is 0. The lowest BCUT2D eigenvalue weighted by molar-refractivity contribution is 0.858. The first-order valence-corrected chi connectivity index (χ1v) is 3.45. The molecule has 58 valence electrons. The van der Waals surface area contributed by atoms with Crippen LogP contribution >= 0.6 is 0 Å². The first-order chi connectivity index (χ1) is 4.70. The minimum atomic E-state index is 0.588. The average molecular weight is 141 g/mol. The quantitative estimate of drug-likeness (QED) is 0.592. The maximum atomic E-state index is 5.35. The van der Waals surface area contributed by atoms with E-state index in [-0.39, 0.29) is 0 Å². The van der Waals surface area contributed by atoms with E-state index >= 15 is 0 Å². The molecule has 1 heterocycles. The molecule has 0 saturated carbocycles. The van der Waals surface area contributed by atoms with E-state index < -0.39 is 0 Å². The number of imidazole rings is 1. The van der Waals surface area contributed by atoms with Crippen LogP contribution in [-0.2, 0) is 7.05 Å². The molecule has 0 fully saturated rings. The van der Waals surface area contributed by atoms with Crippen molar-refractivity contribution in [1.82, 2.24) is 9.55 Å². The van der Waals surface area contributed by atoms with Gasteiger partial charge in [-0.2, -0.15) is 0 Å². The molecule has 10 heavy (non-hydrogen) atoms. The molecule has 0 unspecified atom stereocenters. The molecule has 3 heteroatoms. The maximum absolute atomic E-state index is 5.35. The van der Waals surface area contributed by atoms with Gasteiger partial charge in [-0.1, -0.05) is 13.8 Å². The Balaban J connectivity index is 0.000000371. The number of aromatic nitrogens is 2. The Morgan fingerprint density at radius 1 is 1.50 bits per heavy atom. The number of aryl methyl sites for hydroxylation is 2. The van der Waals surface area contributed by atoms with E-state index in [0.29, 0.717) is 5.82 Å². The lowest BCUT2D eigenvalue weighted by Gasteiger charge is -1.86. The minimum Gasteiger partial charge on any atom is -0.382 e. The van der Waals surface area contributed by atoms with Gasteiger partial charge < -0.3 is 10.3 Å². The summed E-state index contributed by atoms with van der Waals surface area (Å²) >= 11 is 0. The van der Waals surface area contributed by atoms with Crippen LogP contribution in [0.4, 0.5) is 5.82 Å². The molecule has 3 nitrogen and oxygen atoms in total. The van der Waals surface area contributed by atoms with Gasteiger partial charge in [-0.15, -0.1) is 0 Å². The van der Waals surface area contributed by atoms with Crippen LogP contribution in [0.3, 0.4) is 0 Å². The van der Waals surface area contributed by atoms with E-state index in [1.165, 1.54) is 0 Å². The standard InChI is InChI=1S/C5H9N3.C2H6/c1-4-7-5(6)3-8(4)2;1-2/h3H,6H2,1-2H3;1-2H3. The predicted octanol–water partition coefficient (Wildman–Crippen LogP) is 1.34. The summed E-state index contributed by atoms with van der Waals surface area (Å²) in [6.07, 6.45) is 1.79. The highest BCUT2D eigenvalue weighted by molar-refractivity contribution is 5.24. The third-order valence-electron chi connectivity index (χ3n) is 1.13. The van der Waals surface area contributed by atoms with Gasteiger partial charge in [0.05, 0.1) is 0 Å². The van der Waals surface area contributed by atoms with Gasteiger partial charge in [-0.05, 0) is 6.92 Å². The maximum Gasteiger partial charge on any atom is 0.141 e. The molecule has 0 radical (unpaired) electrons. The van der Waals surface area contributed by atoms with Crippen molar-refractivity contribution >= 4 is 5.82 Å². The fraction of sp³-hybridized carbons (Fsp3) is 0.571. The molecule has 0 aliphatic carbocycles. The minimum absolute atomic E-state index is 0.588. The molecule has 0 spiro atoms. The lowest BCUT2D eigenvalue weighted by Crippen LogP contribution is -1.86. The highest BCUT2D eigenvalue weighted by Gasteiger charge is 1.92. The van der Waals surface area contributed by atoms with Crippen LogP contribution in [0.15, 0.2) is 6.20 Å². The highest BCUT2D eigenvalue weighted by Crippen LogP contribution is 1.98. The van der Waals surface area contributed by atoms with Crippen LogP contribution in [0.2, 0.25) is 0 Å². The Morgan fingerprint density at radius 2 is 2.00 bits per heavy atom. The summed E-state index contributed by atoms with van der Waals surface area (Å²) in [5.74, 6) is 1.53.